The zero-order valence-electron chi connectivity index (χ0n) is 34.0. The van der Waals surface area contributed by atoms with Crippen LogP contribution in [0.3, 0.4) is 0 Å². The van der Waals surface area contributed by atoms with Crippen LogP contribution in [0, 0.1) is 11.8 Å². The molecule has 14 nitrogen and oxygen atoms in total. The van der Waals surface area contributed by atoms with Crippen LogP contribution in [0.5, 0.6) is 0 Å². The van der Waals surface area contributed by atoms with E-state index in [0.717, 1.165) is 78.0 Å². The fraction of sp³-hybridized carbons (Fsp3) is 0.500. The van der Waals surface area contributed by atoms with E-state index in [2.05, 4.69) is 44.9 Å². The monoisotopic (exact) mass is 788 g/mol. The van der Waals surface area contributed by atoms with E-state index in [1.807, 2.05) is 74.2 Å². The van der Waals surface area contributed by atoms with Crippen molar-refractivity contribution in [1.29, 1.82) is 0 Å². The molecule has 4 fully saturated rings. The van der Waals surface area contributed by atoms with Gasteiger partial charge in [0.2, 0.25) is 11.8 Å². The van der Waals surface area contributed by atoms with Crippen molar-refractivity contribution < 1.29 is 19.2 Å². The summed E-state index contributed by atoms with van der Waals surface area (Å²) in [7, 11) is 0. The van der Waals surface area contributed by atoms with Crippen molar-refractivity contribution in [2.24, 2.45) is 11.8 Å². The lowest BCUT2D eigenvalue weighted by molar-refractivity contribution is -0.139. The number of hydrogen-bond donors (Lipinski definition) is 4. The van der Waals surface area contributed by atoms with Gasteiger partial charge in [0.05, 0.1) is 35.9 Å². The lowest BCUT2D eigenvalue weighted by Crippen LogP contribution is -2.58. The van der Waals surface area contributed by atoms with Crippen LogP contribution >= 0.6 is 0 Å². The molecule has 4 aliphatic heterocycles. The van der Waals surface area contributed by atoms with E-state index in [1.54, 1.807) is 9.80 Å². The smallest absolute Gasteiger partial charge is 0.318 e. The van der Waals surface area contributed by atoms with Crippen molar-refractivity contribution in [2.45, 2.75) is 90.4 Å². The molecule has 0 saturated carbocycles. The van der Waals surface area contributed by atoms with Crippen LogP contribution in [0.25, 0.3) is 33.6 Å². The van der Waals surface area contributed by atoms with Gasteiger partial charge in [-0.05, 0) is 61.5 Å². The van der Waals surface area contributed by atoms with Crippen LogP contribution in [-0.2, 0) is 9.59 Å². The van der Waals surface area contributed by atoms with Crippen molar-refractivity contribution in [3.63, 3.8) is 0 Å². The maximum atomic E-state index is 14.3. The van der Waals surface area contributed by atoms with E-state index < -0.39 is 12.1 Å². The molecule has 6 heterocycles. The Bertz CT molecular complexity index is 2130. The third-order valence-corrected chi connectivity index (χ3v) is 12.3. The van der Waals surface area contributed by atoms with Gasteiger partial charge in [0.15, 0.2) is 0 Å². The minimum absolute atomic E-state index is 0.0393. The minimum atomic E-state index is -0.554. The number of aromatic amines is 2. The van der Waals surface area contributed by atoms with E-state index >= 15 is 0 Å². The molecule has 0 bridgehead atoms. The average molecular weight is 789 g/mol. The molecule has 58 heavy (non-hydrogen) atoms. The van der Waals surface area contributed by atoms with Crippen molar-refractivity contribution >= 4 is 23.9 Å². The van der Waals surface area contributed by atoms with Gasteiger partial charge in [-0.2, -0.15) is 0 Å². The molecule has 0 aliphatic carbocycles. The van der Waals surface area contributed by atoms with Crippen molar-refractivity contribution in [1.82, 2.24) is 50.2 Å². The molecule has 0 radical (unpaired) electrons. The van der Waals surface area contributed by atoms with Gasteiger partial charge in [-0.3, -0.25) is 9.59 Å². The summed E-state index contributed by atoms with van der Waals surface area (Å²) in [6.45, 7) is 11.6. The zero-order chi connectivity index (χ0) is 40.5. The summed E-state index contributed by atoms with van der Waals surface area (Å²) >= 11 is 0. The molecule has 4 saturated heterocycles. The SMILES string of the molecule is CC(C)[C@@H](C(=O)N1CCC[C@H]1c1ncc(-c2cccc(-c3ccccc3)c2-c2cnc([C@@H]3CCCN3C(=O)[C@H](C(C)C)N3CCCNC3=O)[nH]2)[nH]1)N1CCCNC1=O. The number of urea groups is 2. The predicted molar refractivity (Wildman–Crippen MR) is 221 cm³/mol. The van der Waals surface area contributed by atoms with Gasteiger partial charge >= 0.3 is 12.1 Å². The average Bonchev–Trinajstić information content (AvgIpc) is 4.06. The van der Waals surface area contributed by atoms with Crippen LogP contribution in [-0.4, -0.2) is 115 Å². The number of rotatable bonds is 11. The predicted octanol–water partition coefficient (Wildman–Crippen LogP) is 6.34. The molecule has 14 heteroatoms. The summed E-state index contributed by atoms with van der Waals surface area (Å²) < 4.78 is 0. The van der Waals surface area contributed by atoms with Gasteiger partial charge in [0.1, 0.15) is 23.7 Å². The number of hydrogen-bond acceptors (Lipinski definition) is 6. The summed E-state index contributed by atoms with van der Waals surface area (Å²) in [6.07, 6.45) is 8.55. The summed E-state index contributed by atoms with van der Waals surface area (Å²) in [5.74, 6) is 1.26. The summed E-state index contributed by atoms with van der Waals surface area (Å²) in [5, 5.41) is 5.84. The zero-order valence-corrected chi connectivity index (χ0v) is 34.0. The molecule has 6 amide bonds. The third-order valence-electron chi connectivity index (χ3n) is 12.3. The van der Waals surface area contributed by atoms with Crippen LogP contribution in [0.4, 0.5) is 9.59 Å². The van der Waals surface area contributed by atoms with Crippen LogP contribution in [0.15, 0.2) is 60.9 Å². The third kappa shape index (κ3) is 7.44. The van der Waals surface area contributed by atoms with Gasteiger partial charge in [-0.25, -0.2) is 19.6 Å². The maximum absolute atomic E-state index is 14.3. The standard InChI is InChI=1S/C44H56N10O4/c1-27(2)37(53-23-11-19-45-43(53)57)41(55)51-21-9-17-34(51)39-47-25-32(49-39)31-16-8-15-30(29-13-6-5-7-14-29)36(31)33-26-48-40(50-33)35-18-10-22-52(35)42(56)38(28(3)4)54-24-12-20-46-44(54)58/h5-8,13-16,25-28,34-35,37-38H,9-12,17-24H2,1-4H3,(H,45,57)(H,46,58)(H,47,49)(H,48,50)/t34-,35-,37-,38-/m0/s1. The Morgan fingerprint density at radius 2 is 1.12 bits per heavy atom. The van der Waals surface area contributed by atoms with E-state index in [4.69, 9.17) is 9.97 Å². The highest BCUT2D eigenvalue weighted by molar-refractivity contribution is 5.93. The van der Waals surface area contributed by atoms with E-state index in [9.17, 15) is 19.2 Å². The summed E-state index contributed by atoms with van der Waals surface area (Å²) in [6, 6.07) is 14.5. The number of imidazole rings is 2. The lowest BCUT2D eigenvalue weighted by Gasteiger charge is -2.39. The van der Waals surface area contributed by atoms with Gasteiger partial charge in [-0.1, -0.05) is 76.2 Å². The number of carbonyl (C=O) groups is 4. The Hall–Kier alpha value is -5.66. The first-order chi connectivity index (χ1) is 28.1. The molecular formula is C44H56N10O4. The van der Waals surface area contributed by atoms with Crippen LogP contribution in [0.1, 0.15) is 90.0 Å². The lowest BCUT2D eigenvalue weighted by atomic mass is 9.92. The Morgan fingerprint density at radius 1 is 0.621 bits per heavy atom. The van der Waals surface area contributed by atoms with Crippen molar-refractivity contribution in [2.75, 3.05) is 39.3 Å². The topological polar surface area (TPSA) is 163 Å². The highest BCUT2D eigenvalue weighted by Crippen LogP contribution is 2.42. The second-order valence-corrected chi connectivity index (χ2v) is 16.8. The normalized spacial score (nSPS) is 21.1. The van der Waals surface area contributed by atoms with Crippen LogP contribution in [0.2, 0.25) is 0 Å². The van der Waals surface area contributed by atoms with E-state index in [1.165, 1.54) is 0 Å². The Morgan fingerprint density at radius 3 is 1.64 bits per heavy atom. The molecule has 0 unspecified atom stereocenters. The number of amides is 6. The number of H-pyrrole nitrogens is 2. The minimum Gasteiger partial charge on any atom is -0.340 e. The Kier molecular flexibility index (Phi) is 11.3. The molecule has 0 spiro atoms. The fourth-order valence-corrected chi connectivity index (χ4v) is 9.55. The van der Waals surface area contributed by atoms with Gasteiger partial charge in [-0.15, -0.1) is 0 Å². The van der Waals surface area contributed by atoms with E-state index in [-0.39, 0.29) is 47.8 Å². The number of aromatic nitrogens is 4. The number of benzene rings is 2. The second-order valence-electron chi connectivity index (χ2n) is 16.8. The molecule has 8 rings (SSSR count). The van der Waals surface area contributed by atoms with Gasteiger partial charge < -0.3 is 40.2 Å². The molecule has 2 aromatic heterocycles. The Balaban J connectivity index is 1.11. The molecule has 2 aromatic carbocycles. The first kappa shape index (κ1) is 39.2. The maximum Gasteiger partial charge on any atom is 0.318 e. The number of nitrogens with zero attached hydrogens (tertiary/aromatic N) is 6. The van der Waals surface area contributed by atoms with Crippen molar-refractivity contribution in [3.8, 4) is 33.6 Å². The quantitative estimate of drug-likeness (QED) is 0.139. The van der Waals surface area contributed by atoms with Gasteiger partial charge in [0, 0.05) is 50.4 Å². The summed E-state index contributed by atoms with van der Waals surface area (Å²) in [5.41, 5.74) is 5.54. The van der Waals surface area contributed by atoms with Crippen molar-refractivity contribution in [3.05, 3.63) is 72.6 Å². The van der Waals surface area contributed by atoms with E-state index in [0.29, 0.717) is 45.1 Å². The second kappa shape index (κ2) is 16.7. The first-order valence-electron chi connectivity index (χ1n) is 21.1. The molecule has 306 valence electrons. The first-order valence-corrected chi connectivity index (χ1v) is 21.1. The molecule has 4 aliphatic rings. The molecular weight excluding hydrogens is 733 g/mol. The highest BCUT2D eigenvalue weighted by Gasteiger charge is 2.43. The summed E-state index contributed by atoms with van der Waals surface area (Å²) in [4.78, 5) is 78.7. The Labute approximate surface area is 340 Å². The number of carbonyl (C=O) groups excluding carboxylic acids is 4. The molecule has 4 aromatic rings. The molecule has 4 atom stereocenters. The fourth-order valence-electron chi connectivity index (χ4n) is 9.55. The number of nitrogens with one attached hydrogen (secondary N) is 4. The van der Waals surface area contributed by atoms with Gasteiger partial charge in [0.25, 0.3) is 0 Å². The van der Waals surface area contributed by atoms with Crippen LogP contribution < -0.4 is 10.6 Å². The highest BCUT2D eigenvalue weighted by atomic mass is 16.2. The number of likely N-dealkylation sites (tertiary alicyclic amines) is 2. The molecule has 4 N–H and O–H groups in total. The largest absolute Gasteiger partial charge is 0.340 e.